The van der Waals surface area contributed by atoms with Gasteiger partial charge in [-0.3, -0.25) is 9.59 Å². The number of thioether (sulfide) groups is 1. The largest absolute Gasteiger partial charge is 0.469 e. The molecule has 1 rings (SSSR count). The third kappa shape index (κ3) is 6.86. The number of carbonyl (C=O) groups excluding carboxylic acids is 2. The molecule has 0 fully saturated rings. The molecule has 0 aromatic heterocycles. The van der Waals surface area contributed by atoms with Crippen LogP contribution in [-0.2, 0) is 14.3 Å². The second-order valence-corrected chi connectivity index (χ2v) is 5.18. The minimum atomic E-state index is -0.247. The van der Waals surface area contributed by atoms with Crippen LogP contribution in [0.15, 0.2) is 29.2 Å². The molecule has 1 amide bonds. The molecule has 0 radical (unpaired) electrons. The van der Waals surface area contributed by atoms with Crippen LogP contribution in [0, 0.1) is 6.92 Å². The summed E-state index contributed by atoms with van der Waals surface area (Å²) in [5.41, 5.74) is 1.21. The van der Waals surface area contributed by atoms with Gasteiger partial charge in [-0.05, 0) is 25.5 Å². The molecule has 0 aliphatic carbocycles. The smallest absolute Gasteiger partial charge is 0.305 e. The summed E-state index contributed by atoms with van der Waals surface area (Å²) in [6, 6.07) is 8.06. The van der Waals surface area contributed by atoms with Gasteiger partial charge in [0.2, 0.25) is 5.91 Å². The predicted molar refractivity (Wildman–Crippen MR) is 76.2 cm³/mol. The van der Waals surface area contributed by atoms with E-state index < -0.39 is 0 Å². The Kier molecular flexibility index (Phi) is 7.03. The zero-order valence-electron chi connectivity index (χ0n) is 11.3. The van der Waals surface area contributed by atoms with Crippen LogP contribution in [0.5, 0.6) is 0 Å². The van der Waals surface area contributed by atoms with Crippen LogP contribution in [0.1, 0.15) is 18.4 Å². The molecule has 0 bridgehead atoms. The fourth-order valence-electron chi connectivity index (χ4n) is 1.40. The first-order chi connectivity index (χ1) is 9.11. The van der Waals surface area contributed by atoms with Crippen molar-refractivity contribution < 1.29 is 14.3 Å². The average Bonchev–Trinajstić information content (AvgIpc) is 2.42. The summed E-state index contributed by atoms with van der Waals surface area (Å²) in [5.74, 6) is 0.125. The minimum absolute atomic E-state index is 0.0181. The third-order valence-electron chi connectivity index (χ3n) is 2.50. The van der Waals surface area contributed by atoms with Gasteiger partial charge in [0.15, 0.2) is 0 Å². The molecule has 0 aliphatic rings. The first kappa shape index (κ1) is 15.6. The quantitative estimate of drug-likeness (QED) is 0.473. The molecule has 0 saturated heterocycles. The molecule has 0 heterocycles. The Morgan fingerprint density at radius 3 is 2.58 bits per heavy atom. The summed E-state index contributed by atoms with van der Waals surface area (Å²) in [4.78, 5) is 23.5. The van der Waals surface area contributed by atoms with E-state index in [1.807, 2.05) is 31.2 Å². The predicted octanol–water partition coefficient (Wildman–Crippen LogP) is 2.16. The maximum atomic E-state index is 11.5. The number of esters is 1. The Labute approximate surface area is 117 Å². The van der Waals surface area contributed by atoms with Crippen LogP contribution in [0.3, 0.4) is 0 Å². The lowest BCUT2D eigenvalue weighted by Gasteiger charge is -2.05. The first-order valence-corrected chi connectivity index (χ1v) is 7.13. The summed E-state index contributed by atoms with van der Waals surface area (Å²) in [6.07, 6.45) is 0.940. The topological polar surface area (TPSA) is 55.4 Å². The van der Waals surface area contributed by atoms with E-state index in [1.54, 1.807) is 0 Å². The highest BCUT2D eigenvalue weighted by Crippen LogP contribution is 2.17. The molecule has 1 aromatic carbocycles. The first-order valence-electron chi connectivity index (χ1n) is 6.15. The normalized spacial score (nSPS) is 10.0. The van der Waals surface area contributed by atoms with Gasteiger partial charge in [-0.2, -0.15) is 0 Å². The molecule has 5 heteroatoms. The van der Waals surface area contributed by atoms with Gasteiger partial charge in [0.25, 0.3) is 0 Å². The molecule has 104 valence electrons. The van der Waals surface area contributed by atoms with Crippen molar-refractivity contribution in [3.63, 3.8) is 0 Å². The summed E-state index contributed by atoms with van der Waals surface area (Å²) in [6.45, 7) is 2.53. The van der Waals surface area contributed by atoms with Gasteiger partial charge in [0.05, 0.1) is 12.9 Å². The summed E-state index contributed by atoms with van der Waals surface area (Å²) in [5, 5.41) is 2.78. The number of aryl methyl sites for hydroxylation is 1. The molecule has 1 aromatic rings. The number of hydrogen-bond acceptors (Lipinski definition) is 4. The summed E-state index contributed by atoms with van der Waals surface area (Å²) < 4.78 is 4.52. The van der Waals surface area contributed by atoms with Crippen molar-refractivity contribution >= 4 is 23.6 Å². The number of ether oxygens (including phenoxy) is 1. The van der Waals surface area contributed by atoms with E-state index in [9.17, 15) is 9.59 Å². The Morgan fingerprint density at radius 2 is 1.95 bits per heavy atom. The number of rotatable bonds is 7. The Bertz CT molecular complexity index is 417. The van der Waals surface area contributed by atoms with Crippen LogP contribution in [0.25, 0.3) is 0 Å². The number of carbonyl (C=O) groups is 2. The number of benzene rings is 1. The SMILES string of the molecule is COC(=O)CCCNC(=O)CSc1ccc(C)cc1. The summed E-state index contributed by atoms with van der Waals surface area (Å²) >= 11 is 1.50. The van der Waals surface area contributed by atoms with Crippen molar-refractivity contribution in [3.8, 4) is 0 Å². The van der Waals surface area contributed by atoms with E-state index >= 15 is 0 Å². The average molecular weight is 281 g/mol. The van der Waals surface area contributed by atoms with E-state index in [0.29, 0.717) is 25.1 Å². The van der Waals surface area contributed by atoms with Crippen LogP contribution >= 0.6 is 11.8 Å². The molecule has 0 atom stereocenters. The molecular formula is C14H19NO3S. The summed E-state index contributed by atoms with van der Waals surface area (Å²) in [7, 11) is 1.36. The van der Waals surface area contributed by atoms with Gasteiger partial charge < -0.3 is 10.1 Å². The van der Waals surface area contributed by atoms with Crippen molar-refractivity contribution in [2.75, 3.05) is 19.4 Å². The molecular weight excluding hydrogens is 262 g/mol. The maximum Gasteiger partial charge on any atom is 0.305 e. The second-order valence-electron chi connectivity index (χ2n) is 4.13. The standard InChI is InChI=1S/C14H19NO3S/c1-11-5-7-12(8-6-11)19-10-13(16)15-9-3-4-14(17)18-2/h5-8H,3-4,9-10H2,1-2H3,(H,15,16). The Hall–Kier alpha value is -1.49. The molecule has 0 unspecified atom stereocenters. The van der Waals surface area contributed by atoms with Crippen molar-refractivity contribution in [1.29, 1.82) is 0 Å². The maximum absolute atomic E-state index is 11.5. The number of hydrogen-bond donors (Lipinski definition) is 1. The van der Waals surface area contributed by atoms with Crippen LogP contribution in [0.4, 0.5) is 0 Å². The fourth-order valence-corrected chi connectivity index (χ4v) is 2.13. The van der Waals surface area contributed by atoms with E-state index in [2.05, 4.69) is 10.1 Å². The van der Waals surface area contributed by atoms with Crippen molar-refractivity contribution in [3.05, 3.63) is 29.8 Å². The Morgan fingerprint density at radius 1 is 1.26 bits per heavy atom. The highest BCUT2D eigenvalue weighted by atomic mass is 32.2. The Balaban J connectivity index is 2.14. The minimum Gasteiger partial charge on any atom is -0.469 e. The van der Waals surface area contributed by atoms with Crippen molar-refractivity contribution in [1.82, 2.24) is 5.32 Å². The van der Waals surface area contributed by atoms with E-state index in [1.165, 1.54) is 24.4 Å². The van der Waals surface area contributed by atoms with Crippen LogP contribution in [0.2, 0.25) is 0 Å². The van der Waals surface area contributed by atoms with Gasteiger partial charge in [0, 0.05) is 17.9 Å². The lowest BCUT2D eigenvalue weighted by atomic mass is 10.2. The van der Waals surface area contributed by atoms with Crippen LogP contribution in [-0.4, -0.2) is 31.3 Å². The number of methoxy groups -OCH3 is 1. The monoisotopic (exact) mass is 281 g/mol. The van der Waals surface area contributed by atoms with Gasteiger partial charge in [-0.15, -0.1) is 11.8 Å². The zero-order chi connectivity index (χ0) is 14.1. The third-order valence-corrected chi connectivity index (χ3v) is 3.51. The molecule has 19 heavy (non-hydrogen) atoms. The molecule has 0 spiro atoms. The molecule has 0 aliphatic heterocycles. The highest BCUT2D eigenvalue weighted by molar-refractivity contribution is 8.00. The van der Waals surface area contributed by atoms with Crippen LogP contribution < -0.4 is 5.32 Å². The molecule has 4 nitrogen and oxygen atoms in total. The lowest BCUT2D eigenvalue weighted by molar-refractivity contribution is -0.140. The van der Waals surface area contributed by atoms with Crippen molar-refractivity contribution in [2.24, 2.45) is 0 Å². The highest BCUT2D eigenvalue weighted by Gasteiger charge is 2.04. The van der Waals surface area contributed by atoms with Gasteiger partial charge in [-0.1, -0.05) is 17.7 Å². The molecule has 0 saturated carbocycles. The fraction of sp³-hybridized carbons (Fsp3) is 0.429. The van der Waals surface area contributed by atoms with Crippen molar-refractivity contribution in [2.45, 2.75) is 24.7 Å². The van der Waals surface area contributed by atoms with Gasteiger partial charge in [0.1, 0.15) is 0 Å². The number of nitrogens with one attached hydrogen (secondary N) is 1. The number of amides is 1. The van der Waals surface area contributed by atoms with Gasteiger partial charge >= 0.3 is 5.97 Å². The lowest BCUT2D eigenvalue weighted by Crippen LogP contribution is -2.26. The van der Waals surface area contributed by atoms with Gasteiger partial charge in [-0.25, -0.2) is 0 Å². The van der Waals surface area contributed by atoms with E-state index in [4.69, 9.17) is 0 Å². The van der Waals surface area contributed by atoms with E-state index in [-0.39, 0.29) is 11.9 Å². The van der Waals surface area contributed by atoms with E-state index in [0.717, 1.165) is 4.90 Å². The zero-order valence-corrected chi connectivity index (χ0v) is 12.1. The molecule has 1 N–H and O–H groups in total. The second kappa shape index (κ2) is 8.58.